The Morgan fingerprint density at radius 3 is 2.44 bits per heavy atom. The lowest BCUT2D eigenvalue weighted by Gasteiger charge is -2.18. The highest BCUT2D eigenvalue weighted by Gasteiger charge is 2.18. The molecule has 2 atom stereocenters. The molecule has 0 fully saturated rings. The summed E-state index contributed by atoms with van der Waals surface area (Å²) in [6, 6.07) is 5.43. The van der Waals surface area contributed by atoms with E-state index in [1.54, 1.807) is 7.05 Å². The number of aliphatic hydroxyl groups is 2. The summed E-state index contributed by atoms with van der Waals surface area (Å²) in [5.74, 6) is 0. The monoisotopic (exact) mass is 231 g/mol. The SMILES string of the molecule is CNCC(O)C(O)c1cccc(C(F)F)c1. The molecule has 0 saturated heterocycles. The fraction of sp³-hybridized carbons (Fsp3) is 0.455. The second-order valence-corrected chi connectivity index (χ2v) is 3.54. The molecular weight excluding hydrogens is 216 g/mol. The summed E-state index contributed by atoms with van der Waals surface area (Å²) in [5.41, 5.74) is 0.133. The maximum Gasteiger partial charge on any atom is 0.263 e. The molecule has 1 aromatic carbocycles. The van der Waals surface area contributed by atoms with Gasteiger partial charge in [-0.1, -0.05) is 18.2 Å². The highest BCUT2D eigenvalue weighted by atomic mass is 19.3. The first-order valence-electron chi connectivity index (χ1n) is 4.95. The van der Waals surface area contributed by atoms with Crippen LogP contribution in [-0.2, 0) is 0 Å². The van der Waals surface area contributed by atoms with E-state index < -0.39 is 18.6 Å². The van der Waals surface area contributed by atoms with E-state index in [0.717, 1.165) is 0 Å². The van der Waals surface area contributed by atoms with E-state index in [-0.39, 0.29) is 12.1 Å². The predicted molar refractivity (Wildman–Crippen MR) is 56.3 cm³/mol. The number of nitrogens with one attached hydrogen (secondary N) is 1. The van der Waals surface area contributed by atoms with Crippen molar-refractivity contribution < 1.29 is 19.0 Å². The van der Waals surface area contributed by atoms with Gasteiger partial charge in [0.15, 0.2) is 0 Å². The summed E-state index contributed by atoms with van der Waals surface area (Å²) in [6.07, 6.45) is -4.75. The number of benzene rings is 1. The summed E-state index contributed by atoms with van der Waals surface area (Å²) in [5, 5.41) is 21.9. The van der Waals surface area contributed by atoms with Crippen molar-refractivity contribution in [1.82, 2.24) is 5.32 Å². The second-order valence-electron chi connectivity index (χ2n) is 3.54. The smallest absolute Gasteiger partial charge is 0.263 e. The van der Waals surface area contributed by atoms with Gasteiger partial charge in [0, 0.05) is 12.1 Å². The van der Waals surface area contributed by atoms with Crippen molar-refractivity contribution in [1.29, 1.82) is 0 Å². The van der Waals surface area contributed by atoms with Crippen LogP contribution in [0.3, 0.4) is 0 Å². The fourth-order valence-corrected chi connectivity index (χ4v) is 1.42. The molecule has 2 unspecified atom stereocenters. The Balaban J connectivity index is 2.82. The maximum atomic E-state index is 12.4. The molecular formula is C11H15F2NO2. The van der Waals surface area contributed by atoms with E-state index >= 15 is 0 Å². The third-order valence-corrected chi connectivity index (χ3v) is 2.28. The maximum absolute atomic E-state index is 12.4. The standard InChI is InChI=1S/C11H15F2NO2/c1-14-6-9(15)10(16)7-3-2-4-8(5-7)11(12)13/h2-5,9-11,14-16H,6H2,1H3. The third kappa shape index (κ3) is 3.23. The van der Waals surface area contributed by atoms with Gasteiger partial charge in [-0.3, -0.25) is 0 Å². The lowest BCUT2D eigenvalue weighted by molar-refractivity contribution is 0.0200. The van der Waals surface area contributed by atoms with Crippen LogP contribution in [0, 0.1) is 0 Å². The van der Waals surface area contributed by atoms with Gasteiger partial charge in [-0.25, -0.2) is 8.78 Å². The van der Waals surface area contributed by atoms with Gasteiger partial charge in [-0.15, -0.1) is 0 Å². The first-order chi connectivity index (χ1) is 7.56. The van der Waals surface area contributed by atoms with Crippen molar-refractivity contribution in [2.45, 2.75) is 18.6 Å². The van der Waals surface area contributed by atoms with Gasteiger partial charge < -0.3 is 15.5 Å². The van der Waals surface area contributed by atoms with Crippen molar-refractivity contribution in [2.75, 3.05) is 13.6 Å². The van der Waals surface area contributed by atoms with Crippen LogP contribution in [0.15, 0.2) is 24.3 Å². The van der Waals surface area contributed by atoms with Crippen molar-refractivity contribution in [3.8, 4) is 0 Å². The molecule has 1 rings (SSSR count). The number of likely N-dealkylation sites (N-methyl/N-ethyl adjacent to an activating group) is 1. The van der Waals surface area contributed by atoms with E-state index in [1.807, 2.05) is 0 Å². The summed E-state index contributed by atoms with van der Waals surface area (Å²) in [6.45, 7) is 0.195. The normalized spacial score (nSPS) is 15.1. The topological polar surface area (TPSA) is 52.5 Å². The Morgan fingerprint density at radius 2 is 1.88 bits per heavy atom. The molecule has 5 heteroatoms. The van der Waals surface area contributed by atoms with Crippen LogP contribution in [-0.4, -0.2) is 29.9 Å². The van der Waals surface area contributed by atoms with Gasteiger partial charge in [0.25, 0.3) is 6.43 Å². The van der Waals surface area contributed by atoms with E-state index in [9.17, 15) is 19.0 Å². The lowest BCUT2D eigenvalue weighted by atomic mass is 10.0. The number of alkyl halides is 2. The van der Waals surface area contributed by atoms with Crippen molar-refractivity contribution in [3.05, 3.63) is 35.4 Å². The number of hydrogen-bond donors (Lipinski definition) is 3. The van der Waals surface area contributed by atoms with Gasteiger partial charge >= 0.3 is 0 Å². The van der Waals surface area contributed by atoms with Crippen LogP contribution >= 0.6 is 0 Å². The average molecular weight is 231 g/mol. The summed E-state index contributed by atoms with van der Waals surface area (Å²) in [4.78, 5) is 0. The number of aliphatic hydroxyl groups excluding tert-OH is 2. The van der Waals surface area contributed by atoms with Crippen molar-refractivity contribution >= 4 is 0 Å². The summed E-state index contributed by atoms with van der Waals surface area (Å²) >= 11 is 0. The van der Waals surface area contributed by atoms with Gasteiger partial charge in [0.2, 0.25) is 0 Å². The van der Waals surface area contributed by atoms with Crippen LogP contribution in [0.25, 0.3) is 0 Å². The van der Waals surface area contributed by atoms with E-state index in [1.165, 1.54) is 24.3 Å². The minimum absolute atomic E-state index is 0.159. The molecule has 0 aromatic heterocycles. The van der Waals surface area contributed by atoms with E-state index in [2.05, 4.69) is 5.32 Å². The van der Waals surface area contributed by atoms with Crippen molar-refractivity contribution in [2.24, 2.45) is 0 Å². The molecule has 0 saturated carbocycles. The minimum Gasteiger partial charge on any atom is -0.389 e. The van der Waals surface area contributed by atoms with Crippen molar-refractivity contribution in [3.63, 3.8) is 0 Å². The minimum atomic E-state index is -2.58. The highest BCUT2D eigenvalue weighted by molar-refractivity contribution is 5.26. The average Bonchev–Trinajstić information content (AvgIpc) is 2.28. The highest BCUT2D eigenvalue weighted by Crippen LogP contribution is 2.23. The molecule has 1 aromatic rings. The molecule has 16 heavy (non-hydrogen) atoms. The number of hydrogen-bond acceptors (Lipinski definition) is 3. The number of rotatable bonds is 5. The fourth-order valence-electron chi connectivity index (χ4n) is 1.42. The van der Waals surface area contributed by atoms with Gasteiger partial charge in [0.1, 0.15) is 6.10 Å². The van der Waals surface area contributed by atoms with Crippen LogP contribution in [0.4, 0.5) is 8.78 Å². The predicted octanol–water partition coefficient (Wildman–Crippen LogP) is 1.24. The van der Waals surface area contributed by atoms with E-state index in [4.69, 9.17) is 0 Å². The molecule has 0 aliphatic carbocycles. The first kappa shape index (κ1) is 13.0. The Bertz CT molecular complexity index is 334. The molecule has 3 N–H and O–H groups in total. The number of halogens is 2. The van der Waals surface area contributed by atoms with Crippen LogP contribution in [0.1, 0.15) is 23.7 Å². The molecule has 0 radical (unpaired) electrons. The molecule has 0 spiro atoms. The van der Waals surface area contributed by atoms with Gasteiger partial charge in [-0.2, -0.15) is 0 Å². The van der Waals surface area contributed by atoms with Crippen LogP contribution < -0.4 is 5.32 Å². The first-order valence-corrected chi connectivity index (χ1v) is 4.95. The molecule has 0 bridgehead atoms. The lowest BCUT2D eigenvalue weighted by Crippen LogP contribution is -2.29. The zero-order valence-electron chi connectivity index (χ0n) is 8.90. The molecule has 3 nitrogen and oxygen atoms in total. The zero-order chi connectivity index (χ0) is 12.1. The third-order valence-electron chi connectivity index (χ3n) is 2.28. The summed E-state index contributed by atoms with van der Waals surface area (Å²) in [7, 11) is 1.63. The van der Waals surface area contributed by atoms with Crippen LogP contribution in [0.2, 0.25) is 0 Å². The molecule has 0 heterocycles. The molecule has 0 aliphatic heterocycles. The molecule has 90 valence electrons. The molecule has 0 amide bonds. The zero-order valence-corrected chi connectivity index (χ0v) is 8.90. The molecule has 0 aliphatic rings. The Kier molecular flexibility index (Phi) is 4.79. The Hall–Kier alpha value is -1.04. The van der Waals surface area contributed by atoms with E-state index in [0.29, 0.717) is 5.56 Å². The second kappa shape index (κ2) is 5.89. The van der Waals surface area contributed by atoms with Gasteiger partial charge in [0.05, 0.1) is 6.10 Å². The largest absolute Gasteiger partial charge is 0.389 e. The Morgan fingerprint density at radius 1 is 1.25 bits per heavy atom. The Labute approximate surface area is 92.7 Å². The van der Waals surface area contributed by atoms with Gasteiger partial charge in [-0.05, 0) is 18.7 Å². The summed E-state index contributed by atoms with van der Waals surface area (Å²) < 4.78 is 24.8. The quantitative estimate of drug-likeness (QED) is 0.714. The van der Waals surface area contributed by atoms with Crippen LogP contribution in [0.5, 0.6) is 0 Å².